The number of aromatic nitrogens is 4. The van der Waals surface area contributed by atoms with Crippen LogP contribution in [-0.2, 0) is 35.3 Å². The van der Waals surface area contributed by atoms with E-state index in [1.54, 1.807) is 34.6 Å². The number of ether oxygens (including phenoxy) is 3. The molecular weight excluding hydrogens is 614 g/mol. The number of hydrogen-bond donors (Lipinski definition) is 4. The Balaban J connectivity index is 1.93. The number of aliphatic hydroxyl groups is 1. The van der Waals surface area contributed by atoms with E-state index < -0.39 is 73.5 Å². The Bertz CT molecular complexity index is 1320. The fourth-order valence-electron chi connectivity index (χ4n) is 4.48. The molecule has 5 N–H and O–H groups in total. The zero-order valence-corrected chi connectivity index (χ0v) is 27.0. The molecule has 2 aromatic heterocycles. The lowest BCUT2D eigenvalue weighted by molar-refractivity contribution is -0.190. The molecule has 0 aliphatic carbocycles. The van der Waals surface area contributed by atoms with Crippen molar-refractivity contribution in [3.8, 4) is 0 Å². The first kappa shape index (κ1) is 35.5. The number of nitrogens with zero attached hydrogens (tertiary/aromatic N) is 4. The summed E-state index contributed by atoms with van der Waals surface area (Å²) < 4.78 is 68.8. The number of nitrogen functional groups attached to an aromatic ring is 1. The second kappa shape index (κ2) is 13.6. The van der Waals surface area contributed by atoms with E-state index in [0.29, 0.717) is 0 Å². The molecule has 2 aromatic rings. The number of esters is 1. The number of nitrogens with one attached hydrogen (secondary N) is 2. The fourth-order valence-corrected chi connectivity index (χ4v) is 7.63. The Morgan fingerprint density at radius 1 is 1.21 bits per heavy atom. The monoisotopic (exact) mass is 655 g/mol. The minimum atomic E-state index is -3.63. The molecule has 13 nitrogen and oxygen atoms in total. The van der Waals surface area contributed by atoms with E-state index in [2.05, 4.69) is 25.1 Å². The Hall–Kier alpha value is -1.98. The minimum absolute atomic E-state index is 0.0115. The highest BCUT2D eigenvalue weighted by Gasteiger charge is 2.62. The number of imidazole rings is 1. The van der Waals surface area contributed by atoms with Crippen molar-refractivity contribution in [1.29, 1.82) is 0 Å². The molecule has 0 amide bonds. The number of aliphatic hydroxyl groups excluding tert-OH is 1. The van der Waals surface area contributed by atoms with Crippen LogP contribution in [0.3, 0.4) is 0 Å². The van der Waals surface area contributed by atoms with Gasteiger partial charge in [0.05, 0.1) is 30.7 Å². The van der Waals surface area contributed by atoms with Gasteiger partial charge in [-0.15, -0.1) is 0 Å². The average Bonchev–Trinajstić information content (AvgIpc) is 3.42. The highest BCUT2D eigenvalue weighted by molar-refractivity contribution is 8.10. The maximum absolute atomic E-state index is 15.6. The molecule has 3 heterocycles. The van der Waals surface area contributed by atoms with Gasteiger partial charge in [-0.1, -0.05) is 0 Å². The van der Waals surface area contributed by atoms with Gasteiger partial charge in [-0.3, -0.25) is 14.4 Å². The van der Waals surface area contributed by atoms with E-state index in [1.165, 1.54) is 6.92 Å². The molecule has 1 unspecified atom stereocenters. The summed E-state index contributed by atoms with van der Waals surface area (Å²) >= 11 is 5.78. The van der Waals surface area contributed by atoms with Crippen LogP contribution in [0.1, 0.15) is 61.6 Å². The van der Waals surface area contributed by atoms with Gasteiger partial charge in [0.15, 0.2) is 36.0 Å². The number of carbonyl (C=O) groups excluding carboxylic acids is 1. The summed E-state index contributed by atoms with van der Waals surface area (Å²) in [6, 6.07) is -1.56. The Kier molecular flexibility index (Phi) is 11.2. The van der Waals surface area contributed by atoms with Crippen LogP contribution >= 0.6 is 6.57 Å². The first-order valence-corrected chi connectivity index (χ1v) is 16.4. The van der Waals surface area contributed by atoms with Gasteiger partial charge in [0.1, 0.15) is 24.0 Å². The van der Waals surface area contributed by atoms with Crippen molar-refractivity contribution in [1.82, 2.24) is 29.7 Å². The zero-order chi connectivity index (χ0) is 32.5. The third-order valence-corrected chi connectivity index (χ3v) is 9.83. The Labute approximate surface area is 253 Å². The summed E-state index contributed by atoms with van der Waals surface area (Å²) in [5.41, 5.74) is 2.23. The number of halogens is 3. The predicted octanol–water partition coefficient (Wildman–Crippen LogP) is 2.99. The number of hydrogen-bond acceptors (Lipinski definition) is 11. The molecular formula is C25H41F3N7O6PS. The van der Waals surface area contributed by atoms with Crippen LogP contribution in [-0.4, -0.2) is 91.4 Å². The topological polar surface area (TPSA) is 168 Å². The van der Waals surface area contributed by atoms with Gasteiger partial charge in [-0.2, -0.15) is 0 Å². The normalized spacial score (nSPS) is 25.9. The SMILES string of the molecule is CC(C)OC(=O)[C@H](C)NP(=S)(N[C@@H](C)C(C)(C)OC(C)C)OC[C@@]1(C(F)F)O[C@@H](n2cnc3c(N)ncnc32)[C@@H](F)[C@@H]1O. The number of fused-ring (bicyclic) bond motifs is 1. The molecule has 1 aliphatic heterocycles. The molecule has 1 saturated heterocycles. The van der Waals surface area contributed by atoms with Crippen molar-refractivity contribution in [2.45, 2.75) is 116 Å². The van der Waals surface area contributed by atoms with Crippen molar-refractivity contribution in [3.05, 3.63) is 12.7 Å². The molecule has 43 heavy (non-hydrogen) atoms. The van der Waals surface area contributed by atoms with E-state index in [9.17, 15) is 18.7 Å². The number of nitrogens with two attached hydrogens (primary N) is 1. The van der Waals surface area contributed by atoms with Gasteiger partial charge in [0.25, 0.3) is 6.43 Å². The summed E-state index contributed by atoms with van der Waals surface area (Å²) in [4.78, 5) is 24.4. The molecule has 3 rings (SSSR count). The predicted molar refractivity (Wildman–Crippen MR) is 156 cm³/mol. The quantitative estimate of drug-likeness (QED) is 0.173. The molecule has 0 aromatic carbocycles. The van der Waals surface area contributed by atoms with Crippen molar-refractivity contribution in [2.75, 3.05) is 12.3 Å². The first-order valence-electron chi connectivity index (χ1n) is 13.7. The number of carbonyl (C=O) groups is 1. The molecule has 7 atom stereocenters. The van der Waals surface area contributed by atoms with E-state index in [4.69, 9.17) is 36.3 Å². The van der Waals surface area contributed by atoms with Crippen LogP contribution in [0.4, 0.5) is 19.0 Å². The summed E-state index contributed by atoms with van der Waals surface area (Å²) in [5, 5.41) is 16.8. The Morgan fingerprint density at radius 2 is 1.86 bits per heavy atom. The molecule has 0 spiro atoms. The van der Waals surface area contributed by atoms with E-state index >= 15 is 4.39 Å². The van der Waals surface area contributed by atoms with Crippen LogP contribution in [0, 0.1) is 0 Å². The third kappa shape index (κ3) is 7.82. The summed E-state index contributed by atoms with van der Waals surface area (Å²) in [6.07, 6.45) is -8.26. The third-order valence-electron chi connectivity index (χ3n) is 6.93. The maximum atomic E-state index is 15.6. The van der Waals surface area contributed by atoms with Crippen LogP contribution < -0.4 is 15.9 Å². The van der Waals surface area contributed by atoms with E-state index in [-0.39, 0.29) is 23.1 Å². The first-order chi connectivity index (χ1) is 19.8. The minimum Gasteiger partial charge on any atom is -0.462 e. The number of rotatable bonds is 14. The smallest absolute Gasteiger partial charge is 0.323 e. The summed E-state index contributed by atoms with van der Waals surface area (Å²) in [5.74, 6) is -0.666. The van der Waals surface area contributed by atoms with Crippen LogP contribution in [0.2, 0.25) is 0 Å². The van der Waals surface area contributed by atoms with Gasteiger partial charge >= 0.3 is 5.97 Å². The lowest BCUT2D eigenvalue weighted by atomic mass is 9.97. The van der Waals surface area contributed by atoms with Gasteiger partial charge < -0.3 is 29.6 Å². The molecule has 0 saturated carbocycles. The second-order valence-corrected chi connectivity index (χ2v) is 14.9. The average molecular weight is 656 g/mol. The van der Waals surface area contributed by atoms with Crippen molar-refractivity contribution in [3.63, 3.8) is 0 Å². The standard InChI is InChI=1S/C25H41F3N7O6PS/c1-12(2)39-22(37)14(5)33-42(43,34-15(6)24(7,8)40-13(3)4)38-9-25(23(27)28)18(36)16(26)21(41-25)35-11-32-17-19(29)30-10-31-20(17)35/h10-16,18,21,23,36H,9H2,1-8H3,(H2,29,30,31)(H2,33,34,43)/t14-,15-,16-,18-,21+,25+,42?/m0/s1. The molecule has 1 aliphatic rings. The van der Waals surface area contributed by atoms with Crippen LogP contribution in [0.5, 0.6) is 0 Å². The lowest BCUT2D eigenvalue weighted by Crippen LogP contribution is -2.54. The molecule has 0 bridgehead atoms. The van der Waals surface area contributed by atoms with Gasteiger partial charge in [-0.25, -0.2) is 33.2 Å². The summed E-state index contributed by atoms with van der Waals surface area (Å²) in [6.45, 7) is 9.19. The number of anilines is 1. The molecule has 1 fully saturated rings. The van der Waals surface area contributed by atoms with Crippen LogP contribution in [0.15, 0.2) is 12.7 Å². The lowest BCUT2D eigenvalue weighted by Gasteiger charge is -2.40. The van der Waals surface area contributed by atoms with Gasteiger partial charge in [-0.05, 0) is 67.2 Å². The van der Waals surface area contributed by atoms with Crippen molar-refractivity contribution in [2.24, 2.45) is 0 Å². The van der Waals surface area contributed by atoms with E-state index in [0.717, 1.165) is 17.2 Å². The van der Waals surface area contributed by atoms with Gasteiger partial charge in [0, 0.05) is 6.04 Å². The second-order valence-electron chi connectivity index (χ2n) is 11.5. The van der Waals surface area contributed by atoms with E-state index in [1.807, 2.05) is 13.8 Å². The number of alkyl halides is 3. The molecule has 18 heteroatoms. The zero-order valence-electron chi connectivity index (χ0n) is 25.3. The Morgan fingerprint density at radius 3 is 2.44 bits per heavy atom. The molecule has 244 valence electrons. The van der Waals surface area contributed by atoms with Crippen molar-refractivity contribution < 1.29 is 41.8 Å². The maximum Gasteiger partial charge on any atom is 0.323 e. The highest BCUT2D eigenvalue weighted by atomic mass is 32.4. The van der Waals surface area contributed by atoms with Gasteiger partial charge in [0.2, 0.25) is 0 Å². The molecule has 0 radical (unpaired) electrons. The van der Waals surface area contributed by atoms with Crippen molar-refractivity contribution >= 4 is 41.3 Å². The fraction of sp³-hybridized carbons (Fsp3) is 0.760. The largest absolute Gasteiger partial charge is 0.462 e. The van der Waals surface area contributed by atoms with Crippen LogP contribution in [0.25, 0.3) is 11.2 Å². The summed E-state index contributed by atoms with van der Waals surface area (Å²) in [7, 11) is 0. The highest BCUT2D eigenvalue weighted by Crippen LogP contribution is 2.48.